The van der Waals surface area contributed by atoms with E-state index >= 15 is 0 Å². The molecule has 110 valence electrons. The van der Waals surface area contributed by atoms with E-state index in [2.05, 4.69) is 47.5 Å². The minimum atomic E-state index is 0.463. The lowest BCUT2D eigenvalue weighted by Gasteiger charge is -2.43. The van der Waals surface area contributed by atoms with E-state index < -0.39 is 0 Å². The number of piperazine rings is 1. The molecule has 0 amide bonds. The van der Waals surface area contributed by atoms with Crippen molar-refractivity contribution in [2.75, 3.05) is 26.3 Å². The fourth-order valence-corrected chi connectivity index (χ4v) is 3.56. The van der Waals surface area contributed by atoms with Crippen LogP contribution in [0.3, 0.4) is 0 Å². The second-order valence-electron chi connectivity index (χ2n) is 6.03. The molecule has 2 saturated heterocycles. The lowest BCUT2D eigenvalue weighted by Crippen LogP contribution is -2.56. The third-order valence-electron chi connectivity index (χ3n) is 4.66. The van der Waals surface area contributed by atoms with E-state index in [0.717, 1.165) is 26.3 Å². The molecule has 3 rings (SSSR count). The molecular formula is C17H26N2O. The van der Waals surface area contributed by atoms with Gasteiger partial charge in [0.2, 0.25) is 0 Å². The highest BCUT2D eigenvalue weighted by atomic mass is 16.5. The van der Waals surface area contributed by atoms with Crippen LogP contribution >= 0.6 is 0 Å². The van der Waals surface area contributed by atoms with Gasteiger partial charge in [-0.3, -0.25) is 4.90 Å². The Kier molecular flexibility index (Phi) is 4.71. The Morgan fingerprint density at radius 1 is 1.30 bits per heavy atom. The molecule has 0 aliphatic carbocycles. The summed E-state index contributed by atoms with van der Waals surface area (Å²) in [6.45, 7) is 6.35. The Balaban J connectivity index is 1.72. The summed E-state index contributed by atoms with van der Waals surface area (Å²) in [5.41, 5.74) is 1.41. The number of rotatable bonds is 4. The highest BCUT2D eigenvalue weighted by Gasteiger charge is 2.34. The van der Waals surface area contributed by atoms with Gasteiger partial charge < -0.3 is 10.1 Å². The summed E-state index contributed by atoms with van der Waals surface area (Å²) in [6, 6.07) is 12.6. The van der Waals surface area contributed by atoms with E-state index in [0.29, 0.717) is 18.1 Å². The van der Waals surface area contributed by atoms with Crippen LogP contribution in [0.25, 0.3) is 0 Å². The zero-order valence-electron chi connectivity index (χ0n) is 12.4. The van der Waals surface area contributed by atoms with Gasteiger partial charge in [-0.2, -0.15) is 0 Å². The number of hydrogen-bond acceptors (Lipinski definition) is 3. The van der Waals surface area contributed by atoms with Gasteiger partial charge in [-0.15, -0.1) is 0 Å². The Bertz CT molecular complexity index is 403. The molecule has 0 bridgehead atoms. The third kappa shape index (κ3) is 3.05. The number of nitrogens with one attached hydrogen (secondary N) is 1. The molecule has 1 aromatic rings. The van der Waals surface area contributed by atoms with Crippen molar-refractivity contribution in [3.8, 4) is 0 Å². The smallest absolute Gasteiger partial charge is 0.0622 e. The molecule has 2 aliphatic rings. The van der Waals surface area contributed by atoms with Gasteiger partial charge in [0.1, 0.15) is 0 Å². The van der Waals surface area contributed by atoms with Crippen molar-refractivity contribution in [2.24, 2.45) is 0 Å². The molecule has 0 radical (unpaired) electrons. The zero-order chi connectivity index (χ0) is 13.8. The topological polar surface area (TPSA) is 24.5 Å². The summed E-state index contributed by atoms with van der Waals surface area (Å²) in [4.78, 5) is 2.71. The molecule has 20 heavy (non-hydrogen) atoms. The van der Waals surface area contributed by atoms with Gasteiger partial charge in [0.25, 0.3) is 0 Å². The normalized spacial score (nSPS) is 31.6. The van der Waals surface area contributed by atoms with Gasteiger partial charge >= 0.3 is 0 Å². The predicted molar refractivity (Wildman–Crippen MR) is 81.8 cm³/mol. The molecule has 3 nitrogen and oxygen atoms in total. The molecule has 2 heterocycles. The SMILES string of the molecule is CCCC1CNC(c2ccccc2)CN1C1CCOC1. The molecule has 1 aromatic carbocycles. The Morgan fingerprint density at radius 2 is 2.15 bits per heavy atom. The summed E-state index contributed by atoms with van der Waals surface area (Å²) >= 11 is 0. The van der Waals surface area contributed by atoms with Gasteiger partial charge in [0, 0.05) is 37.8 Å². The number of ether oxygens (including phenoxy) is 1. The van der Waals surface area contributed by atoms with E-state index in [1.807, 2.05) is 0 Å². The average molecular weight is 274 g/mol. The van der Waals surface area contributed by atoms with Crippen molar-refractivity contribution >= 4 is 0 Å². The molecule has 2 aliphatic heterocycles. The van der Waals surface area contributed by atoms with Crippen LogP contribution in [0.1, 0.15) is 37.8 Å². The maximum absolute atomic E-state index is 5.62. The minimum Gasteiger partial charge on any atom is -0.380 e. The van der Waals surface area contributed by atoms with E-state index in [-0.39, 0.29) is 0 Å². The zero-order valence-corrected chi connectivity index (χ0v) is 12.4. The van der Waals surface area contributed by atoms with Gasteiger partial charge in [-0.25, -0.2) is 0 Å². The van der Waals surface area contributed by atoms with E-state index in [1.165, 1.54) is 24.8 Å². The maximum atomic E-state index is 5.62. The van der Waals surface area contributed by atoms with Crippen molar-refractivity contribution in [2.45, 2.75) is 44.3 Å². The first kappa shape index (κ1) is 14.1. The van der Waals surface area contributed by atoms with Crippen LogP contribution < -0.4 is 5.32 Å². The maximum Gasteiger partial charge on any atom is 0.0622 e. The number of hydrogen-bond donors (Lipinski definition) is 1. The summed E-state index contributed by atoms with van der Waals surface area (Å²) in [5, 5.41) is 3.74. The van der Waals surface area contributed by atoms with Crippen molar-refractivity contribution < 1.29 is 4.74 Å². The van der Waals surface area contributed by atoms with Crippen LogP contribution in [0, 0.1) is 0 Å². The molecular weight excluding hydrogens is 248 g/mol. The van der Waals surface area contributed by atoms with Gasteiger partial charge in [0.05, 0.1) is 6.61 Å². The standard InChI is InChI=1S/C17H26N2O/c1-2-6-15-11-18-17(14-7-4-3-5-8-14)12-19(15)16-9-10-20-13-16/h3-5,7-8,15-18H,2,6,9-13H2,1H3. The summed E-state index contributed by atoms with van der Waals surface area (Å²) in [6.07, 6.45) is 3.74. The molecule has 0 spiro atoms. The number of benzene rings is 1. The Morgan fingerprint density at radius 3 is 2.85 bits per heavy atom. The van der Waals surface area contributed by atoms with Crippen LogP contribution in [0.2, 0.25) is 0 Å². The van der Waals surface area contributed by atoms with Crippen LogP contribution in [0.15, 0.2) is 30.3 Å². The van der Waals surface area contributed by atoms with Crippen LogP contribution in [-0.4, -0.2) is 43.3 Å². The van der Waals surface area contributed by atoms with Crippen molar-refractivity contribution in [1.82, 2.24) is 10.2 Å². The average Bonchev–Trinajstić information content (AvgIpc) is 3.03. The molecule has 3 unspecified atom stereocenters. The van der Waals surface area contributed by atoms with E-state index in [9.17, 15) is 0 Å². The van der Waals surface area contributed by atoms with Gasteiger partial charge in [0.15, 0.2) is 0 Å². The highest BCUT2D eigenvalue weighted by molar-refractivity contribution is 5.20. The summed E-state index contributed by atoms with van der Waals surface area (Å²) in [5.74, 6) is 0. The number of nitrogens with zero attached hydrogens (tertiary/aromatic N) is 1. The highest BCUT2D eigenvalue weighted by Crippen LogP contribution is 2.26. The van der Waals surface area contributed by atoms with Crippen molar-refractivity contribution in [3.63, 3.8) is 0 Å². The first-order valence-corrected chi connectivity index (χ1v) is 8.00. The summed E-state index contributed by atoms with van der Waals surface area (Å²) < 4.78 is 5.62. The Labute approximate surface area is 122 Å². The molecule has 1 N–H and O–H groups in total. The second-order valence-corrected chi connectivity index (χ2v) is 6.03. The van der Waals surface area contributed by atoms with Crippen LogP contribution in [-0.2, 0) is 4.74 Å². The monoisotopic (exact) mass is 274 g/mol. The second kappa shape index (κ2) is 6.70. The molecule has 2 fully saturated rings. The van der Waals surface area contributed by atoms with Crippen LogP contribution in [0.4, 0.5) is 0 Å². The van der Waals surface area contributed by atoms with Crippen LogP contribution in [0.5, 0.6) is 0 Å². The first-order chi connectivity index (χ1) is 9.88. The van der Waals surface area contributed by atoms with Gasteiger partial charge in [-0.05, 0) is 18.4 Å². The molecule has 3 heteroatoms. The molecule has 3 atom stereocenters. The van der Waals surface area contributed by atoms with Crippen molar-refractivity contribution in [1.29, 1.82) is 0 Å². The lowest BCUT2D eigenvalue weighted by atomic mass is 9.97. The molecule has 0 saturated carbocycles. The van der Waals surface area contributed by atoms with Gasteiger partial charge in [-0.1, -0.05) is 43.7 Å². The third-order valence-corrected chi connectivity index (χ3v) is 4.66. The van der Waals surface area contributed by atoms with Crippen molar-refractivity contribution in [3.05, 3.63) is 35.9 Å². The fourth-order valence-electron chi connectivity index (χ4n) is 3.56. The lowest BCUT2D eigenvalue weighted by molar-refractivity contribution is 0.0651. The first-order valence-electron chi connectivity index (χ1n) is 8.00. The predicted octanol–water partition coefficient (Wildman–Crippen LogP) is 2.59. The fraction of sp³-hybridized carbons (Fsp3) is 0.647. The minimum absolute atomic E-state index is 0.463. The van der Waals surface area contributed by atoms with E-state index in [4.69, 9.17) is 4.74 Å². The Hall–Kier alpha value is -0.900. The summed E-state index contributed by atoms with van der Waals surface area (Å²) in [7, 11) is 0. The molecule has 0 aromatic heterocycles. The largest absolute Gasteiger partial charge is 0.380 e. The quantitative estimate of drug-likeness (QED) is 0.913. The van der Waals surface area contributed by atoms with E-state index in [1.54, 1.807) is 0 Å².